The zero-order valence-electron chi connectivity index (χ0n) is 53.6. The van der Waals surface area contributed by atoms with Crippen molar-refractivity contribution in [1.82, 2.24) is 5.32 Å². The maximum atomic E-state index is 12.5. The molecule has 79 heavy (non-hydrogen) atoms. The molecule has 1 amide bonds. The molecule has 0 aromatic rings. The molecule has 2 unspecified atom stereocenters. The van der Waals surface area contributed by atoms with Crippen molar-refractivity contribution in [2.24, 2.45) is 0 Å². The molecule has 0 fully saturated rings. The second-order valence-electron chi connectivity index (χ2n) is 24.9. The number of carbonyl (C=O) groups excluding carboxylic acids is 2. The molecule has 0 rings (SSSR count). The summed E-state index contributed by atoms with van der Waals surface area (Å²) in [6.45, 7) is 4.97. The van der Waals surface area contributed by atoms with Gasteiger partial charge in [0.1, 0.15) is 0 Å². The first-order chi connectivity index (χ1) is 39.0. The Labute approximate surface area is 494 Å². The minimum Gasteiger partial charge on any atom is -0.466 e. The van der Waals surface area contributed by atoms with E-state index in [1.807, 2.05) is 0 Å². The summed E-state index contributed by atoms with van der Waals surface area (Å²) in [6.07, 6.45) is 86.8. The molecule has 0 bridgehead atoms. The van der Waals surface area contributed by atoms with E-state index in [1.54, 1.807) is 0 Å². The number of unbranched alkanes of at least 4 members (excludes halogenated alkanes) is 53. The van der Waals surface area contributed by atoms with Crippen LogP contribution in [0, 0.1) is 0 Å². The first-order valence-electron chi connectivity index (χ1n) is 36.1. The zero-order chi connectivity index (χ0) is 57.1. The third-order valence-corrected chi connectivity index (χ3v) is 17.0. The summed E-state index contributed by atoms with van der Waals surface area (Å²) in [5.74, 6) is -0.0145. The highest BCUT2D eigenvalue weighted by Crippen LogP contribution is 2.19. The monoisotopic (exact) mass is 1110 g/mol. The van der Waals surface area contributed by atoms with Crippen LogP contribution in [0.5, 0.6) is 0 Å². The Hall–Kier alpha value is -1.66. The Kier molecular flexibility index (Phi) is 67.4. The van der Waals surface area contributed by atoms with Gasteiger partial charge in [-0.05, 0) is 77.0 Å². The predicted molar refractivity (Wildman–Crippen MR) is 347 cm³/mol. The van der Waals surface area contributed by atoms with E-state index in [-0.39, 0.29) is 18.5 Å². The standard InChI is InChI=1S/C73H141NO5/c1-3-5-7-9-11-13-15-16-17-18-37-40-43-47-51-55-59-63-67-73(78)79-68-64-60-56-52-48-44-41-38-35-33-31-29-27-25-23-21-19-20-22-24-26-28-30-32-34-36-39-42-46-50-54-58-62-66-72(77)74-70(69-75)71(76)65-61-57-53-49-45-14-12-10-8-6-4-2/h17-18,23,25,70-71,75-76H,3-16,19-22,24,26-69H2,1-2H3,(H,74,77)/b18-17-,25-23-. The third-order valence-electron chi connectivity index (χ3n) is 17.0. The lowest BCUT2D eigenvalue weighted by atomic mass is 10.0. The fraction of sp³-hybridized carbons (Fsp3) is 0.918. The summed E-state index contributed by atoms with van der Waals surface area (Å²) in [5, 5.41) is 23.2. The van der Waals surface area contributed by atoms with Crippen molar-refractivity contribution in [2.45, 2.75) is 418 Å². The Morgan fingerprint density at radius 1 is 0.342 bits per heavy atom. The molecular formula is C73H141NO5. The highest BCUT2D eigenvalue weighted by Gasteiger charge is 2.20. The van der Waals surface area contributed by atoms with Gasteiger partial charge in [0.2, 0.25) is 5.91 Å². The van der Waals surface area contributed by atoms with E-state index in [9.17, 15) is 19.8 Å². The molecule has 0 saturated heterocycles. The van der Waals surface area contributed by atoms with Crippen LogP contribution in [0.1, 0.15) is 406 Å². The van der Waals surface area contributed by atoms with Gasteiger partial charge in [0.15, 0.2) is 0 Å². The number of esters is 1. The van der Waals surface area contributed by atoms with Crippen molar-refractivity contribution >= 4 is 11.9 Å². The smallest absolute Gasteiger partial charge is 0.305 e. The van der Waals surface area contributed by atoms with Gasteiger partial charge in [0.05, 0.1) is 25.4 Å². The number of nitrogens with one attached hydrogen (secondary N) is 1. The molecule has 0 aromatic carbocycles. The highest BCUT2D eigenvalue weighted by molar-refractivity contribution is 5.76. The van der Waals surface area contributed by atoms with E-state index in [4.69, 9.17) is 4.74 Å². The Bertz CT molecular complexity index is 1230. The molecule has 0 aliphatic rings. The average molecular weight is 1110 g/mol. The van der Waals surface area contributed by atoms with E-state index in [2.05, 4.69) is 43.5 Å². The summed E-state index contributed by atoms with van der Waals surface area (Å²) in [4.78, 5) is 24.6. The highest BCUT2D eigenvalue weighted by atomic mass is 16.5. The molecule has 0 heterocycles. The lowest BCUT2D eigenvalue weighted by Gasteiger charge is -2.22. The second kappa shape index (κ2) is 68.8. The van der Waals surface area contributed by atoms with Crippen molar-refractivity contribution < 1.29 is 24.5 Å². The van der Waals surface area contributed by atoms with Crippen molar-refractivity contribution in [1.29, 1.82) is 0 Å². The zero-order valence-corrected chi connectivity index (χ0v) is 53.6. The molecule has 6 heteroatoms. The topological polar surface area (TPSA) is 95.9 Å². The largest absolute Gasteiger partial charge is 0.466 e. The molecule has 3 N–H and O–H groups in total. The van der Waals surface area contributed by atoms with E-state index in [1.165, 1.54) is 327 Å². The number of amides is 1. The number of rotatable bonds is 68. The molecule has 0 spiro atoms. The van der Waals surface area contributed by atoms with Gasteiger partial charge in [-0.3, -0.25) is 9.59 Å². The summed E-state index contributed by atoms with van der Waals surface area (Å²) in [6, 6.07) is -0.537. The average Bonchev–Trinajstić information content (AvgIpc) is 3.45. The van der Waals surface area contributed by atoms with Crippen molar-refractivity contribution in [3.05, 3.63) is 24.3 Å². The number of aliphatic hydroxyl groups is 2. The van der Waals surface area contributed by atoms with Crippen LogP contribution in [0.3, 0.4) is 0 Å². The van der Waals surface area contributed by atoms with Crippen LogP contribution < -0.4 is 5.32 Å². The summed E-state index contributed by atoms with van der Waals surface area (Å²) in [5.41, 5.74) is 0. The van der Waals surface area contributed by atoms with Crippen LogP contribution in [0.2, 0.25) is 0 Å². The number of hydrogen-bond acceptors (Lipinski definition) is 5. The van der Waals surface area contributed by atoms with E-state index in [0.29, 0.717) is 25.9 Å². The van der Waals surface area contributed by atoms with Gasteiger partial charge in [-0.1, -0.05) is 340 Å². The molecule has 6 nitrogen and oxygen atoms in total. The van der Waals surface area contributed by atoms with Crippen LogP contribution in [0.4, 0.5) is 0 Å². The van der Waals surface area contributed by atoms with Gasteiger partial charge >= 0.3 is 5.97 Å². The van der Waals surface area contributed by atoms with Crippen molar-refractivity contribution in [2.75, 3.05) is 13.2 Å². The van der Waals surface area contributed by atoms with Gasteiger partial charge in [0, 0.05) is 12.8 Å². The Morgan fingerprint density at radius 3 is 0.899 bits per heavy atom. The first-order valence-corrected chi connectivity index (χ1v) is 36.1. The predicted octanol–water partition coefficient (Wildman–Crippen LogP) is 23.3. The number of carbonyl (C=O) groups is 2. The molecule has 468 valence electrons. The van der Waals surface area contributed by atoms with Crippen molar-refractivity contribution in [3.63, 3.8) is 0 Å². The number of ether oxygens (including phenoxy) is 1. The first kappa shape index (κ1) is 77.3. The van der Waals surface area contributed by atoms with E-state index in [0.717, 1.165) is 44.9 Å². The minimum absolute atomic E-state index is 0.0164. The molecule has 2 atom stereocenters. The van der Waals surface area contributed by atoms with Crippen LogP contribution >= 0.6 is 0 Å². The lowest BCUT2D eigenvalue weighted by Crippen LogP contribution is -2.45. The van der Waals surface area contributed by atoms with Gasteiger partial charge < -0.3 is 20.3 Å². The van der Waals surface area contributed by atoms with E-state index >= 15 is 0 Å². The van der Waals surface area contributed by atoms with E-state index < -0.39 is 12.1 Å². The van der Waals surface area contributed by atoms with Gasteiger partial charge in [-0.25, -0.2) is 0 Å². The van der Waals surface area contributed by atoms with Gasteiger partial charge in [-0.2, -0.15) is 0 Å². The third kappa shape index (κ3) is 65.4. The summed E-state index contributed by atoms with van der Waals surface area (Å²) < 4.78 is 5.51. The van der Waals surface area contributed by atoms with Crippen LogP contribution in [0.25, 0.3) is 0 Å². The lowest BCUT2D eigenvalue weighted by molar-refractivity contribution is -0.143. The number of allylic oxidation sites excluding steroid dienone is 4. The molecule has 0 aliphatic heterocycles. The minimum atomic E-state index is -0.660. The number of aliphatic hydroxyl groups excluding tert-OH is 2. The fourth-order valence-electron chi connectivity index (χ4n) is 11.5. The SMILES string of the molecule is CCCCCCCCC/C=C\CCCCCCCCCC(=O)OCCCCCCCCCCCCCC/C=C\CCCCCCCCCCCCCCCCCCCC(=O)NC(CO)C(O)CCCCCCCCCCCCC. The second-order valence-corrected chi connectivity index (χ2v) is 24.9. The number of hydrogen-bond donors (Lipinski definition) is 3. The molecule has 0 radical (unpaired) electrons. The van der Waals surface area contributed by atoms with Crippen LogP contribution in [0.15, 0.2) is 24.3 Å². The summed E-state index contributed by atoms with van der Waals surface area (Å²) in [7, 11) is 0. The molecule has 0 aromatic heterocycles. The molecular weight excluding hydrogens is 971 g/mol. The molecule has 0 saturated carbocycles. The summed E-state index contributed by atoms with van der Waals surface area (Å²) >= 11 is 0. The van der Waals surface area contributed by atoms with Gasteiger partial charge in [0.25, 0.3) is 0 Å². The fourth-order valence-corrected chi connectivity index (χ4v) is 11.5. The Morgan fingerprint density at radius 2 is 0.595 bits per heavy atom. The molecule has 0 aliphatic carbocycles. The maximum absolute atomic E-state index is 12.5. The van der Waals surface area contributed by atoms with Crippen LogP contribution in [-0.2, 0) is 14.3 Å². The van der Waals surface area contributed by atoms with Crippen LogP contribution in [-0.4, -0.2) is 47.4 Å². The van der Waals surface area contributed by atoms with Crippen molar-refractivity contribution in [3.8, 4) is 0 Å². The maximum Gasteiger partial charge on any atom is 0.305 e. The quantitative estimate of drug-likeness (QED) is 0.0320. The van der Waals surface area contributed by atoms with Gasteiger partial charge in [-0.15, -0.1) is 0 Å². The normalized spacial score (nSPS) is 12.6. The Balaban J connectivity index is 3.32.